The highest BCUT2D eigenvalue weighted by Gasteiger charge is 2.36. The Morgan fingerprint density at radius 1 is 1.23 bits per heavy atom. The molecule has 7 nitrogen and oxygen atoms in total. The highest BCUT2D eigenvalue weighted by molar-refractivity contribution is 6.35. The first-order valence-electron chi connectivity index (χ1n) is 9.49. The van der Waals surface area contributed by atoms with Crippen molar-refractivity contribution in [2.45, 2.75) is 25.9 Å². The standard InChI is InChI=1S/C22H19ClO7/c1-2-28-12-3-4-14(18(9-12)29-13-7-11(8-13)22(26)27)19-10-17(25)20-16(24)6-5-15(23)21(20)30-19/h3-6,9-11,13,24H,2,7-8H2,1H3,(H,26,27)/t11-,13+. The average Bonchev–Trinajstić information content (AvgIpc) is 2.67. The minimum absolute atomic E-state index is 0.00273. The summed E-state index contributed by atoms with van der Waals surface area (Å²) in [4.78, 5) is 23.7. The predicted octanol–water partition coefficient (Wildman–Crippen LogP) is 4.46. The van der Waals surface area contributed by atoms with E-state index in [-0.39, 0.29) is 33.6 Å². The largest absolute Gasteiger partial charge is 0.507 e. The molecule has 1 fully saturated rings. The summed E-state index contributed by atoms with van der Waals surface area (Å²) < 4.78 is 17.4. The zero-order valence-corrected chi connectivity index (χ0v) is 16.8. The molecule has 156 valence electrons. The average molecular weight is 431 g/mol. The van der Waals surface area contributed by atoms with Crippen LogP contribution in [0.4, 0.5) is 0 Å². The number of aromatic hydroxyl groups is 1. The molecule has 8 heteroatoms. The number of halogens is 1. The van der Waals surface area contributed by atoms with E-state index in [0.29, 0.717) is 36.5 Å². The Hall–Kier alpha value is -3.19. The van der Waals surface area contributed by atoms with Gasteiger partial charge in [-0.3, -0.25) is 9.59 Å². The molecule has 0 unspecified atom stereocenters. The van der Waals surface area contributed by atoms with Crippen LogP contribution in [-0.4, -0.2) is 28.9 Å². The van der Waals surface area contributed by atoms with Crippen LogP contribution in [0, 0.1) is 5.92 Å². The van der Waals surface area contributed by atoms with Gasteiger partial charge in [0.15, 0.2) is 11.0 Å². The zero-order valence-electron chi connectivity index (χ0n) is 16.1. The number of aliphatic carboxylic acids is 1. The van der Waals surface area contributed by atoms with Crippen LogP contribution in [0.5, 0.6) is 17.2 Å². The molecule has 0 bridgehead atoms. The first-order chi connectivity index (χ1) is 14.4. The number of phenolic OH excluding ortho intramolecular Hbond substituents is 1. The van der Waals surface area contributed by atoms with Crippen LogP contribution in [0.3, 0.4) is 0 Å². The van der Waals surface area contributed by atoms with E-state index < -0.39 is 17.3 Å². The van der Waals surface area contributed by atoms with E-state index in [1.165, 1.54) is 18.2 Å². The first-order valence-corrected chi connectivity index (χ1v) is 9.87. The molecule has 2 aromatic carbocycles. The maximum Gasteiger partial charge on any atom is 0.306 e. The van der Waals surface area contributed by atoms with E-state index in [2.05, 4.69) is 0 Å². The minimum atomic E-state index is -0.840. The highest BCUT2D eigenvalue weighted by Crippen LogP contribution is 2.40. The van der Waals surface area contributed by atoms with E-state index in [1.54, 1.807) is 18.2 Å². The van der Waals surface area contributed by atoms with Gasteiger partial charge in [-0.2, -0.15) is 0 Å². The molecule has 0 amide bonds. The molecule has 0 radical (unpaired) electrons. The van der Waals surface area contributed by atoms with Crippen molar-refractivity contribution < 1.29 is 28.9 Å². The Labute approximate surface area is 176 Å². The van der Waals surface area contributed by atoms with Gasteiger partial charge in [0.1, 0.15) is 34.5 Å². The molecule has 1 aliphatic carbocycles. The Morgan fingerprint density at radius 3 is 2.70 bits per heavy atom. The molecule has 1 aromatic heterocycles. The van der Waals surface area contributed by atoms with Crippen LogP contribution in [-0.2, 0) is 4.79 Å². The van der Waals surface area contributed by atoms with Crippen molar-refractivity contribution in [3.8, 4) is 28.6 Å². The van der Waals surface area contributed by atoms with E-state index in [0.717, 1.165) is 0 Å². The summed E-state index contributed by atoms with van der Waals surface area (Å²) in [5.41, 5.74) is 0.130. The fourth-order valence-corrected chi connectivity index (χ4v) is 3.65. The summed E-state index contributed by atoms with van der Waals surface area (Å²) in [6.45, 7) is 2.32. The van der Waals surface area contributed by atoms with Gasteiger partial charge in [0.05, 0.1) is 23.1 Å². The number of rotatable bonds is 6. The van der Waals surface area contributed by atoms with E-state index in [1.807, 2.05) is 6.92 Å². The molecule has 0 saturated heterocycles. The lowest BCUT2D eigenvalue weighted by molar-refractivity contribution is -0.147. The monoisotopic (exact) mass is 430 g/mol. The summed E-state index contributed by atoms with van der Waals surface area (Å²) in [6.07, 6.45) is 0.533. The molecule has 4 rings (SSSR count). The normalized spacial score (nSPS) is 18.1. The lowest BCUT2D eigenvalue weighted by atomic mass is 9.82. The lowest BCUT2D eigenvalue weighted by Gasteiger charge is -2.33. The Bertz CT molecular complexity index is 1180. The molecule has 1 heterocycles. The van der Waals surface area contributed by atoms with Crippen LogP contribution in [0.15, 0.2) is 45.6 Å². The number of hydrogen-bond donors (Lipinski definition) is 2. The van der Waals surface area contributed by atoms with Crippen LogP contribution >= 0.6 is 11.6 Å². The first kappa shape index (κ1) is 20.1. The van der Waals surface area contributed by atoms with Crippen molar-refractivity contribution in [1.82, 2.24) is 0 Å². The highest BCUT2D eigenvalue weighted by atomic mass is 35.5. The summed E-state index contributed by atoms with van der Waals surface area (Å²) in [7, 11) is 0. The van der Waals surface area contributed by atoms with Gasteiger partial charge >= 0.3 is 5.97 Å². The molecule has 2 N–H and O–H groups in total. The van der Waals surface area contributed by atoms with Crippen LogP contribution in [0.1, 0.15) is 19.8 Å². The number of ether oxygens (including phenoxy) is 2. The number of hydrogen-bond acceptors (Lipinski definition) is 6. The van der Waals surface area contributed by atoms with Crippen molar-refractivity contribution in [3.63, 3.8) is 0 Å². The Kier molecular flexibility index (Phi) is 5.30. The van der Waals surface area contributed by atoms with Gasteiger partial charge < -0.3 is 24.1 Å². The van der Waals surface area contributed by atoms with Gasteiger partial charge in [-0.1, -0.05) is 11.6 Å². The van der Waals surface area contributed by atoms with Gasteiger partial charge in [-0.05, 0) is 44.0 Å². The molecule has 1 aliphatic rings. The summed E-state index contributed by atoms with van der Waals surface area (Å²) >= 11 is 6.18. The second kappa shape index (κ2) is 7.91. The molecule has 0 atom stereocenters. The maximum atomic E-state index is 12.6. The number of carboxylic acids is 1. The van der Waals surface area contributed by atoms with Gasteiger partial charge in [0.2, 0.25) is 0 Å². The van der Waals surface area contributed by atoms with E-state index in [9.17, 15) is 14.7 Å². The van der Waals surface area contributed by atoms with Crippen LogP contribution in [0.25, 0.3) is 22.3 Å². The van der Waals surface area contributed by atoms with Gasteiger partial charge in [0.25, 0.3) is 0 Å². The van der Waals surface area contributed by atoms with Crippen LogP contribution < -0.4 is 14.9 Å². The van der Waals surface area contributed by atoms with Gasteiger partial charge in [0, 0.05) is 12.1 Å². The number of phenols is 1. The second-order valence-electron chi connectivity index (χ2n) is 7.08. The molecule has 1 saturated carbocycles. The van der Waals surface area contributed by atoms with Crippen molar-refractivity contribution in [2.75, 3.05) is 6.61 Å². The summed E-state index contributed by atoms with van der Waals surface area (Å²) in [5, 5.41) is 19.3. The maximum absolute atomic E-state index is 12.6. The fourth-order valence-electron chi connectivity index (χ4n) is 3.45. The molecule has 0 spiro atoms. The third-order valence-electron chi connectivity index (χ3n) is 5.08. The zero-order chi connectivity index (χ0) is 21.4. The van der Waals surface area contributed by atoms with E-state index >= 15 is 0 Å². The Balaban J connectivity index is 1.77. The number of carboxylic acid groups (broad SMARTS) is 1. The minimum Gasteiger partial charge on any atom is -0.507 e. The van der Waals surface area contributed by atoms with Gasteiger partial charge in [-0.15, -0.1) is 0 Å². The SMILES string of the molecule is CCOc1ccc(-c2cc(=O)c3c(O)ccc(Cl)c3o2)c(O[C@H]2C[C@@H](C(=O)O)C2)c1. The van der Waals surface area contributed by atoms with Crippen molar-refractivity contribution in [3.05, 3.63) is 51.6 Å². The van der Waals surface area contributed by atoms with Gasteiger partial charge in [-0.25, -0.2) is 0 Å². The van der Waals surface area contributed by atoms with E-state index in [4.69, 9.17) is 30.6 Å². The molecular weight excluding hydrogens is 412 g/mol. The van der Waals surface area contributed by atoms with Crippen LogP contribution in [0.2, 0.25) is 5.02 Å². The van der Waals surface area contributed by atoms with Crippen molar-refractivity contribution in [1.29, 1.82) is 0 Å². The fraction of sp³-hybridized carbons (Fsp3) is 0.273. The second-order valence-corrected chi connectivity index (χ2v) is 7.49. The number of carbonyl (C=O) groups is 1. The summed E-state index contributed by atoms with van der Waals surface area (Å²) in [5.74, 6) is -0.279. The van der Waals surface area contributed by atoms with Crippen molar-refractivity contribution in [2.24, 2.45) is 5.92 Å². The lowest BCUT2D eigenvalue weighted by Crippen LogP contribution is -2.38. The molecule has 3 aromatic rings. The summed E-state index contributed by atoms with van der Waals surface area (Å²) in [6, 6.07) is 9.16. The quantitative estimate of drug-likeness (QED) is 0.594. The topological polar surface area (TPSA) is 106 Å². The third-order valence-corrected chi connectivity index (χ3v) is 5.37. The van der Waals surface area contributed by atoms with Crippen molar-refractivity contribution >= 4 is 28.5 Å². The third kappa shape index (κ3) is 3.68. The Morgan fingerprint density at radius 2 is 2.00 bits per heavy atom. The molecule has 30 heavy (non-hydrogen) atoms. The number of benzene rings is 2. The molecule has 0 aliphatic heterocycles. The number of fused-ring (bicyclic) bond motifs is 1. The smallest absolute Gasteiger partial charge is 0.306 e. The predicted molar refractivity (Wildman–Crippen MR) is 111 cm³/mol. The molecular formula is C22H19ClO7.